The number of cyclic esters (lactones) is 1. The predicted octanol–water partition coefficient (Wildman–Crippen LogP) is 4.84. The zero-order valence-electron chi connectivity index (χ0n) is 30.0. The summed E-state index contributed by atoms with van der Waals surface area (Å²) in [5, 5.41) is 0. The van der Waals surface area contributed by atoms with Crippen molar-refractivity contribution in [1.82, 2.24) is 9.55 Å². The van der Waals surface area contributed by atoms with Gasteiger partial charge in [-0.3, -0.25) is 19.2 Å². The number of esters is 2. The van der Waals surface area contributed by atoms with Gasteiger partial charge in [-0.1, -0.05) is 27.7 Å². The van der Waals surface area contributed by atoms with E-state index in [1.807, 2.05) is 13.8 Å². The molecule has 13 heteroatoms. The van der Waals surface area contributed by atoms with E-state index in [1.165, 1.54) is 45.8 Å². The average Bonchev–Trinajstić information content (AvgIpc) is 3.57. The van der Waals surface area contributed by atoms with Crippen LogP contribution in [0.4, 0.5) is 4.79 Å². The van der Waals surface area contributed by atoms with Crippen LogP contribution in [0.2, 0.25) is 0 Å². The van der Waals surface area contributed by atoms with Gasteiger partial charge in [0.2, 0.25) is 0 Å². The number of ketones is 2. The molecule has 0 saturated carbocycles. The average molecular weight is 677 g/mol. The van der Waals surface area contributed by atoms with Crippen LogP contribution < -0.4 is 0 Å². The van der Waals surface area contributed by atoms with Crippen LogP contribution in [0.5, 0.6) is 0 Å². The lowest BCUT2D eigenvalue weighted by atomic mass is 9.77. The summed E-state index contributed by atoms with van der Waals surface area (Å²) >= 11 is 0. The summed E-state index contributed by atoms with van der Waals surface area (Å²) in [6.45, 7) is 16.6. The van der Waals surface area contributed by atoms with E-state index in [9.17, 15) is 24.0 Å². The molecule has 0 N–H and O–H groups in total. The summed E-state index contributed by atoms with van der Waals surface area (Å²) in [6.07, 6.45) is 1.56. The Labute approximate surface area is 283 Å². The van der Waals surface area contributed by atoms with Gasteiger partial charge in [-0.2, -0.15) is 0 Å². The Bertz CT molecular complexity index is 1360. The summed E-state index contributed by atoms with van der Waals surface area (Å²) in [5.41, 5.74) is -2.58. The number of aromatic nitrogens is 2. The first-order valence-corrected chi connectivity index (χ1v) is 16.6. The molecule has 1 aromatic heterocycles. The second kappa shape index (κ2) is 15.9. The van der Waals surface area contributed by atoms with Crippen molar-refractivity contribution < 1.29 is 52.4 Å². The molecule has 0 aliphatic carbocycles. The smallest absolute Gasteiger partial charge is 0.420 e. The Morgan fingerprint density at radius 2 is 1.77 bits per heavy atom. The van der Waals surface area contributed by atoms with Crippen molar-refractivity contribution in [3.05, 3.63) is 30.4 Å². The molecule has 1 saturated heterocycles. The number of carbonyl (C=O) groups excluding carboxylic acids is 5. The van der Waals surface area contributed by atoms with E-state index < -0.39 is 77.4 Å². The van der Waals surface area contributed by atoms with E-state index in [0.717, 1.165) is 4.57 Å². The number of nitrogens with zero attached hydrogens (tertiary/aromatic N) is 2. The first-order valence-electron chi connectivity index (χ1n) is 16.6. The van der Waals surface area contributed by atoms with Gasteiger partial charge in [0.1, 0.15) is 18.3 Å². The molecule has 1 fully saturated rings. The minimum Gasteiger partial charge on any atom is -0.457 e. The topological polar surface area (TPSA) is 159 Å². The fraction of sp³-hybridized carbons (Fsp3) is 0.714. The number of hydrogen-bond donors (Lipinski definition) is 0. The van der Waals surface area contributed by atoms with E-state index in [-0.39, 0.29) is 36.2 Å². The van der Waals surface area contributed by atoms with Gasteiger partial charge in [0.15, 0.2) is 29.6 Å². The van der Waals surface area contributed by atoms with E-state index in [0.29, 0.717) is 6.42 Å². The maximum Gasteiger partial charge on any atom is 0.420 e. The largest absolute Gasteiger partial charge is 0.457 e. The van der Waals surface area contributed by atoms with E-state index in [2.05, 4.69) is 4.98 Å². The van der Waals surface area contributed by atoms with Crippen molar-refractivity contribution in [2.75, 3.05) is 7.11 Å². The van der Waals surface area contributed by atoms with Crippen LogP contribution in [0.1, 0.15) is 88.5 Å². The van der Waals surface area contributed by atoms with Crippen LogP contribution in [0.25, 0.3) is 0 Å². The molecule has 0 bridgehead atoms. The summed E-state index contributed by atoms with van der Waals surface area (Å²) < 4.78 is 37.3. The number of allylic oxidation sites excluding steroid dienone is 1. The first kappa shape index (κ1) is 39.0. The molecule has 0 amide bonds. The zero-order valence-corrected chi connectivity index (χ0v) is 30.0. The van der Waals surface area contributed by atoms with Crippen LogP contribution in [0, 0.1) is 23.7 Å². The van der Waals surface area contributed by atoms with Crippen LogP contribution in [-0.4, -0.2) is 88.2 Å². The Balaban J connectivity index is 2.12. The van der Waals surface area contributed by atoms with Gasteiger partial charge in [0.25, 0.3) is 0 Å². The normalized spacial score (nSPS) is 38.3. The third-order valence-corrected chi connectivity index (χ3v) is 9.58. The fourth-order valence-corrected chi connectivity index (χ4v) is 6.91. The van der Waals surface area contributed by atoms with Gasteiger partial charge in [0, 0.05) is 44.2 Å². The van der Waals surface area contributed by atoms with Gasteiger partial charge in [0.05, 0.1) is 17.8 Å². The molecule has 13 nitrogen and oxygen atoms in total. The van der Waals surface area contributed by atoms with Crippen LogP contribution in [0.3, 0.4) is 0 Å². The van der Waals surface area contributed by atoms with Crippen molar-refractivity contribution in [3.63, 3.8) is 0 Å². The summed E-state index contributed by atoms with van der Waals surface area (Å²) in [4.78, 5) is 70.8. The minimum atomic E-state index is -1.59. The third kappa shape index (κ3) is 8.78. The lowest BCUT2D eigenvalue weighted by molar-refractivity contribution is -0.297. The molecular formula is C35H52N2O11. The first-order chi connectivity index (χ1) is 22.4. The SMILES string of the molecule is CC[C@H]1OC(=O)[C@H](C)C(=O)[C@H](C)[C@@H](OC2O[C@H](C)C[C@H](C)[C@H]2OC(C)=O)[C@](C)(OC)C[C@@H](C)C(=O)/C(C)=C/[C@]1(C)OC(=O)n1ccnc1. The molecule has 48 heavy (non-hydrogen) atoms. The molecule has 2 aliphatic rings. The molecule has 3 heterocycles. The van der Waals surface area contributed by atoms with Crippen LogP contribution in [-0.2, 0) is 47.6 Å². The van der Waals surface area contributed by atoms with Crippen molar-refractivity contribution in [2.45, 2.75) is 130 Å². The Kier molecular flexibility index (Phi) is 12.9. The molecule has 1 aromatic rings. The van der Waals surface area contributed by atoms with Crippen LogP contribution in [0.15, 0.2) is 30.4 Å². The minimum absolute atomic E-state index is 0.105. The lowest BCUT2D eigenvalue weighted by Crippen LogP contribution is -2.57. The highest BCUT2D eigenvalue weighted by Crippen LogP contribution is 2.38. The molecule has 0 aromatic carbocycles. The van der Waals surface area contributed by atoms with E-state index >= 15 is 0 Å². The van der Waals surface area contributed by atoms with Gasteiger partial charge in [-0.25, -0.2) is 14.3 Å². The third-order valence-electron chi connectivity index (χ3n) is 9.58. The monoisotopic (exact) mass is 676 g/mol. The molecule has 3 rings (SSSR count). The summed E-state index contributed by atoms with van der Waals surface area (Å²) in [6, 6.07) is 0. The van der Waals surface area contributed by atoms with Gasteiger partial charge in [-0.15, -0.1) is 0 Å². The van der Waals surface area contributed by atoms with Crippen molar-refractivity contribution in [3.8, 4) is 0 Å². The van der Waals surface area contributed by atoms with Gasteiger partial charge >= 0.3 is 18.0 Å². The predicted molar refractivity (Wildman–Crippen MR) is 173 cm³/mol. The highest BCUT2D eigenvalue weighted by atomic mass is 16.7. The quantitative estimate of drug-likeness (QED) is 0.230. The maximum absolute atomic E-state index is 14.1. The van der Waals surface area contributed by atoms with E-state index in [1.54, 1.807) is 41.5 Å². The zero-order chi connectivity index (χ0) is 36.1. The highest BCUT2D eigenvalue weighted by Gasteiger charge is 2.50. The molecule has 268 valence electrons. The van der Waals surface area contributed by atoms with Crippen LogP contribution >= 0.6 is 0 Å². The van der Waals surface area contributed by atoms with Crippen molar-refractivity contribution in [1.29, 1.82) is 0 Å². The Hall–Kier alpha value is -3.42. The number of carbonyl (C=O) groups is 5. The molecule has 1 unspecified atom stereocenters. The van der Waals surface area contributed by atoms with Crippen molar-refractivity contribution >= 4 is 29.6 Å². The number of hydrogen-bond acceptors (Lipinski definition) is 12. The van der Waals surface area contributed by atoms with Gasteiger partial charge < -0.3 is 28.4 Å². The number of ether oxygens (including phenoxy) is 6. The highest BCUT2D eigenvalue weighted by molar-refractivity contribution is 6.00. The maximum atomic E-state index is 14.1. The lowest BCUT2D eigenvalue weighted by Gasteiger charge is -2.46. The number of methoxy groups -OCH3 is 1. The van der Waals surface area contributed by atoms with Crippen molar-refractivity contribution in [2.24, 2.45) is 23.7 Å². The summed E-state index contributed by atoms with van der Waals surface area (Å²) in [7, 11) is 1.46. The second-order valence-corrected chi connectivity index (χ2v) is 13.7. The molecule has 11 atom stereocenters. The fourth-order valence-electron chi connectivity index (χ4n) is 6.91. The molecule has 0 spiro atoms. The standard InChI is InChI=1S/C35H52N2O11/c1-12-26-34(9,48-33(42)37-14-13-36-18-37)16-20(3)27(39)21(4)17-35(10,43-11)30(23(6)28(40)24(7)31(41)46-26)47-32-29(45-25(8)38)19(2)15-22(5)44-32/h13-14,16,18-19,21-24,26,29-30,32H,12,15,17H2,1-11H3/b20-16+/t19-,21+,22+,23-,24+,26+,29+,30+,32?,34-,35+/m0/s1. The number of rotatable bonds is 6. The van der Waals surface area contributed by atoms with E-state index in [4.69, 9.17) is 28.4 Å². The number of imidazole rings is 1. The molecule has 2 aliphatic heterocycles. The Morgan fingerprint density at radius 3 is 2.33 bits per heavy atom. The summed E-state index contributed by atoms with van der Waals surface area (Å²) in [5.74, 6) is -5.12. The second-order valence-electron chi connectivity index (χ2n) is 13.7. The molecule has 0 radical (unpaired) electrons. The van der Waals surface area contributed by atoms with Gasteiger partial charge in [-0.05, 0) is 65.5 Å². The number of Topliss-reactive ketones (excluding diaryl/α,β-unsaturated/α-hetero) is 2. The molecular weight excluding hydrogens is 624 g/mol. The Morgan fingerprint density at radius 1 is 1.10 bits per heavy atom.